The Morgan fingerprint density at radius 2 is 1.65 bits per heavy atom. The van der Waals surface area contributed by atoms with Crippen LogP contribution in [-0.4, -0.2) is 62.0 Å². The predicted octanol–water partition coefficient (Wildman–Crippen LogP) is 4.05. The highest BCUT2D eigenvalue weighted by molar-refractivity contribution is 5.92. The Balaban J connectivity index is 1.27. The molecule has 1 N–H and O–H groups in total. The summed E-state index contributed by atoms with van der Waals surface area (Å²) in [6.07, 6.45) is 0. The van der Waals surface area contributed by atoms with Gasteiger partial charge in [0.05, 0.1) is 6.54 Å². The quantitative estimate of drug-likeness (QED) is 0.631. The first-order valence-corrected chi connectivity index (χ1v) is 11.1. The van der Waals surface area contributed by atoms with E-state index in [2.05, 4.69) is 76.6 Å². The van der Waals surface area contributed by atoms with Gasteiger partial charge in [0, 0.05) is 44.1 Å². The minimum absolute atomic E-state index is 0.00704. The van der Waals surface area contributed by atoms with Gasteiger partial charge in [0.2, 0.25) is 5.91 Å². The molecule has 1 saturated heterocycles. The minimum Gasteiger partial charge on any atom is -0.369 e. The maximum atomic E-state index is 12.5. The lowest BCUT2D eigenvalue weighted by molar-refractivity contribution is -0.117. The molecular formula is C26H32N4O. The van der Waals surface area contributed by atoms with Gasteiger partial charge in [0.25, 0.3) is 0 Å². The predicted molar refractivity (Wildman–Crippen MR) is 130 cm³/mol. The fourth-order valence-electron chi connectivity index (χ4n) is 4.23. The number of nitrogens with zero attached hydrogens (tertiary/aromatic N) is 3. The van der Waals surface area contributed by atoms with Gasteiger partial charge in [-0.05, 0) is 60.3 Å². The van der Waals surface area contributed by atoms with Crippen LogP contribution in [0.2, 0.25) is 0 Å². The zero-order chi connectivity index (χ0) is 21.6. The molecule has 0 aliphatic carbocycles. The van der Waals surface area contributed by atoms with Crippen molar-refractivity contribution >= 4 is 28.1 Å². The lowest BCUT2D eigenvalue weighted by atomic mass is 10.1. The molecule has 5 nitrogen and oxygen atoms in total. The van der Waals surface area contributed by atoms with Gasteiger partial charge in [-0.3, -0.25) is 9.69 Å². The summed E-state index contributed by atoms with van der Waals surface area (Å²) >= 11 is 0. The molecule has 4 rings (SSSR count). The Hall–Kier alpha value is -2.89. The van der Waals surface area contributed by atoms with Crippen molar-refractivity contribution in [3.8, 4) is 0 Å². The van der Waals surface area contributed by atoms with Crippen LogP contribution in [0.3, 0.4) is 0 Å². The summed E-state index contributed by atoms with van der Waals surface area (Å²) < 4.78 is 0. The summed E-state index contributed by atoms with van der Waals surface area (Å²) in [5.74, 6) is 0.00704. The minimum atomic E-state index is 0.00704. The molecule has 0 atom stereocenters. The van der Waals surface area contributed by atoms with Gasteiger partial charge in [-0.2, -0.15) is 0 Å². The van der Waals surface area contributed by atoms with E-state index in [1.165, 1.54) is 22.0 Å². The van der Waals surface area contributed by atoms with Crippen molar-refractivity contribution in [2.45, 2.75) is 13.5 Å². The number of likely N-dealkylation sites (N-methyl/N-ethyl adjacent to an activating group) is 2. The molecule has 31 heavy (non-hydrogen) atoms. The zero-order valence-corrected chi connectivity index (χ0v) is 18.6. The van der Waals surface area contributed by atoms with Crippen molar-refractivity contribution in [3.63, 3.8) is 0 Å². The molecule has 1 aliphatic rings. The van der Waals surface area contributed by atoms with Crippen molar-refractivity contribution in [2.24, 2.45) is 0 Å². The van der Waals surface area contributed by atoms with Gasteiger partial charge >= 0.3 is 0 Å². The smallest absolute Gasteiger partial charge is 0.238 e. The Kier molecular flexibility index (Phi) is 6.85. The normalized spacial score (nSPS) is 14.9. The Bertz CT molecular complexity index is 1010. The van der Waals surface area contributed by atoms with E-state index in [0.717, 1.165) is 45.0 Å². The number of carbonyl (C=O) groups excluding carboxylic acids is 1. The number of rotatable bonds is 7. The Morgan fingerprint density at radius 3 is 2.35 bits per heavy atom. The van der Waals surface area contributed by atoms with Crippen LogP contribution in [0, 0.1) is 0 Å². The maximum Gasteiger partial charge on any atom is 0.238 e. The third-order valence-corrected chi connectivity index (χ3v) is 6.02. The number of hydrogen-bond donors (Lipinski definition) is 1. The lowest BCUT2D eigenvalue weighted by Crippen LogP contribution is -2.46. The summed E-state index contributed by atoms with van der Waals surface area (Å²) in [5, 5.41) is 5.50. The number of anilines is 2. The van der Waals surface area contributed by atoms with E-state index in [-0.39, 0.29) is 5.91 Å². The zero-order valence-electron chi connectivity index (χ0n) is 18.6. The molecule has 0 bridgehead atoms. The molecule has 1 amide bonds. The molecule has 0 saturated carbocycles. The average molecular weight is 417 g/mol. The van der Waals surface area contributed by atoms with E-state index >= 15 is 0 Å². The molecule has 5 heteroatoms. The molecule has 1 fully saturated rings. The molecule has 162 valence electrons. The molecule has 0 aromatic heterocycles. The van der Waals surface area contributed by atoms with Gasteiger partial charge in [0.15, 0.2) is 0 Å². The van der Waals surface area contributed by atoms with Crippen LogP contribution in [0.1, 0.15) is 12.5 Å². The number of benzene rings is 3. The van der Waals surface area contributed by atoms with Crippen molar-refractivity contribution in [1.82, 2.24) is 9.80 Å². The first-order chi connectivity index (χ1) is 15.1. The van der Waals surface area contributed by atoms with Gasteiger partial charge in [-0.15, -0.1) is 0 Å². The summed E-state index contributed by atoms with van der Waals surface area (Å²) in [7, 11) is 1.98. The number of nitrogens with one attached hydrogen (secondary N) is 1. The monoisotopic (exact) mass is 416 g/mol. The number of amides is 1. The second-order valence-electron chi connectivity index (χ2n) is 8.37. The first kappa shape index (κ1) is 21.3. The van der Waals surface area contributed by atoms with E-state index in [9.17, 15) is 4.79 Å². The third kappa shape index (κ3) is 5.63. The highest BCUT2D eigenvalue weighted by Crippen LogP contribution is 2.20. The second kappa shape index (κ2) is 9.94. The highest BCUT2D eigenvalue weighted by atomic mass is 16.2. The van der Waals surface area contributed by atoms with Gasteiger partial charge < -0.3 is 15.1 Å². The molecule has 3 aromatic carbocycles. The number of carbonyl (C=O) groups is 1. The van der Waals surface area contributed by atoms with Crippen LogP contribution in [0.5, 0.6) is 0 Å². The van der Waals surface area contributed by atoms with Crippen LogP contribution >= 0.6 is 0 Å². The van der Waals surface area contributed by atoms with Crippen molar-refractivity contribution in [1.29, 1.82) is 0 Å². The number of hydrogen-bond acceptors (Lipinski definition) is 4. The summed E-state index contributed by atoms with van der Waals surface area (Å²) in [5.41, 5.74) is 3.28. The standard InChI is InChI=1S/C26H32N4O/c1-3-29-14-16-30(17-15-29)25-12-10-24(11-13-25)27-26(31)20-28(2)19-21-8-9-22-6-4-5-7-23(22)18-21/h4-13,18H,3,14-17,19-20H2,1-2H3,(H,27,31). The maximum absolute atomic E-state index is 12.5. The highest BCUT2D eigenvalue weighted by Gasteiger charge is 2.16. The SMILES string of the molecule is CCN1CCN(c2ccc(NC(=O)CN(C)Cc3ccc4ccccc4c3)cc2)CC1. The van der Waals surface area contributed by atoms with Gasteiger partial charge in [0.1, 0.15) is 0 Å². The summed E-state index contributed by atoms with van der Waals surface area (Å²) in [4.78, 5) is 19.4. The van der Waals surface area contributed by atoms with Crippen LogP contribution in [-0.2, 0) is 11.3 Å². The molecule has 0 radical (unpaired) electrons. The lowest BCUT2D eigenvalue weighted by Gasteiger charge is -2.35. The fourth-order valence-corrected chi connectivity index (χ4v) is 4.23. The van der Waals surface area contributed by atoms with Crippen LogP contribution in [0.15, 0.2) is 66.7 Å². The van der Waals surface area contributed by atoms with Crippen molar-refractivity contribution < 1.29 is 4.79 Å². The Morgan fingerprint density at radius 1 is 0.935 bits per heavy atom. The largest absolute Gasteiger partial charge is 0.369 e. The molecule has 0 unspecified atom stereocenters. The molecule has 0 spiro atoms. The van der Waals surface area contributed by atoms with E-state index in [1.54, 1.807) is 0 Å². The van der Waals surface area contributed by atoms with E-state index in [4.69, 9.17) is 0 Å². The second-order valence-corrected chi connectivity index (χ2v) is 8.37. The van der Waals surface area contributed by atoms with Crippen molar-refractivity contribution in [2.75, 3.05) is 56.5 Å². The topological polar surface area (TPSA) is 38.8 Å². The van der Waals surface area contributed by atoms with E-state index in [0.29, 0.717) is 6.54 Å². The van der Waals surface area contributed by atoms with Crippen molar-refractivity contribution in [3.05, 3.63) is 72.3 Å². The van der Waals surface area contributed by atoms with Gasteiger partial charge in [-0.25, -0.2) is 0 Å². The van der Waals surface area contributed by atoms with Crippen LogP contribution < -0.4 is 10.2 Å². The number of piperazine rings is 1. The molecule has 1 aliphatic heterocycles. The third-order valence-electron chi connectivity index (χ3n) is 6.02. The number of fused-ring (bicyclic) bond motifs is 1. The molecule has 3 aromatic rings. The van der Waals surface area contributed by atoms with Gasteiger partial charge in [-0.1, -0.05) is 43.3 Å². The fraction of sp³-hybridized carbons (Fsp3) is 0.346. The molecular weight excluding hydrogens is 384 g/mol. The summed E-state index contributed by atoms with van der Waals surface area (Å²) in [6, 6.07) is 23.0. The Labute approximate surface area is 185 Å². The van der Waals surface area contributed by atoms with E-state index < -0.39 is 0 Å². The molecule has 1 heterocycles. The van der Waals surface area contributed by atoms with Crippen LogP contribution in [0.4, 0.5) is 11.4 Å². The average Bonchev–Trinajstić information content (AvgIpc) is 2.79. The van der Waals surface area contributed by atoms with E-state index in [1.807, 2.05) is 24.1 Å². The van der Waals surface area contributed by atoms with Crippen LogP contribution in [0.25, 0.3) is 10.8 Å². The first-order valence-electron chi connectivity index (χ1n) is 11.1. The summed E-state index contributed by atoms with van der Waals surface area (Å²) in [6.45, 7) is 8.75.